The Morgan fingerprint density at radius 2 is 1.96 bits per heavy atom. The molecule has 0 bridgehead atoms. The molecular formula is C17H14Cl3N3S. The van der Waals surface area contributed by atoms with Gasteiger partial charge in [-0.15, -0.1) is 11.3 Å². The van der Waals surface area contributed by atoms with Gasteiger partial charge in [0.1, 0.15) is 11.5 Å². The summed E-state index contributed by atoms with van der Waals surface area (Å²) in [4.78, 5) is 1.07. The van der Waals surface area contributed by atoms with Gasteiger partial charge in [-0.05, 0) is 43.5 Å². The van der Waals surface area contributed by atoms with Crippen LogP contribution in [0.1, 0.15) is 18.4 Å². The van der Waals surface area contributed by atoms with Crippen molar-refractivity contribution in [3.8, 4) is 16.3 Å². The molecule has 0 radical (unpaired) electrons. The van der Waals surface area contributed by atoms with E-state index in [2.05, 4.69) is 5.32 Å². The zero-order valence-corrected chi connectivity index (χ0v) is 15.7. The normalized spacial score (nSPS) is 14.1. The SMILES string of the molecule is Clc1ccc(-c2nn(-c3cccc(Cl)c3Cl)c3c2CCCCN3)s1. The van der Waals surface area contributed by atoms with E-state index >= 15 is 0 Å². The molecule has 3 nitrogen and oxygen atoms in total. The van der Waals surface area contributed by atoms with E-state index in [9.17, 15) is 0 Å². The third-order valence-corrected chi connectivity index (χ3v) is 6.14. The quantitative estimate of drug-likeness (QED) is 0.548. The highest BCUT2D eigenvalue weighted by molar-refractivity contribution is 7.19. The van der Waals surface area contributed by atoms with Gasteiger partial charge in [0.25, 0.3) is 0 Å². The van der Waals surface area contributed by atoms with Crippen LogP contribution in [0.25, 0.3) is 16.3 Å². The van der Waals surface area contributed by atoms with Gasteiger partial charge in [-0.3, -0.25) is 0 Å². The van der Waals surface area contributed by atoms with E-state index < -0.39 is 0 Å². The van der Waals surface area contributed by atoms with Crippen molar-refractivity contribution in [2.75, 3.05) is 11.9 Å². The minimum Gasteiger partial charge on any atom is -0.370 e. The van der Waals surface area contributed by atoms with Crippen molar-refractivity contribution in [2.45, 2.75) is 19.3 Å². The van der Waals surface area contributed by atoms with Gasteiger partial charge in [-0.25, -0.2) is 4.68 Å². The predicted octanol–water partition coefficient (Wildman–Crippen LogP) is 6.31. The molecule has 0 fully saturated rings. The number of nitrogens with one attached hydrogen (secondary N) is 1. The fourth-order valence-corrected chi connectivity index (χ4v) is 4.40. The average molecular weight is 399 g/mol. The maximum Gasteiger partial charge on any atom is 0.133 e. The minimum atomic E-state index is 0.506. The highest BCUT2D eigenvalue weighted by Crippen LogP contribution is 2.39. The minimum absolute atomic E-state index is 0.506. The van der Waals surface area contributed by atoms with E-state index in [0.29, 0.717) is 10.0 Å². The molecule has 1 N–H and O–H groups in total. The fraction of sp³-hybridized carbons (Fsp3) is 0.235. The van der Waals surface area contributed by atoms with Crippen LogP contribution in [0.15, 0.2) is 30.3 Å². The maximum absolute atomic E-state index is 6.43. The summed E-state index contributed by atoms with van der Waals surface area (Å²) in [6.45, 7) is 0.918. The number of halogens is 3. The van der Waals surface area contributed by atoms with Crippen molar-refractivity contribution < 1.29 is 0 Å². The second-order valence-electron chi connectivity index (χ2n) is 5.65. The Hall–Kier alpha value is -1.20. The molecule has 0 unspecified atom stereocenters. The first kappa shape index (κ1) is 16.3. The molecule has 3 heterocycles. The van der Waals surface area contributed by atoms with Crippen molar-refractivity contribution in [1.82, 2.24) is 9.78 Å². The molecule has 1 aromatic carbocycles. The molecule has 1 aliphatic rings. The molecule has 2 aromatic heterocycles. The van der Waals surface area contributed by atoms with Crippen LogP contribution in [-0.2, 0) is 6.42 Å². The second-order valence-corrected chi connectivity index (χ2v) is 8.15. The first-order chi connectivity index (χ1) is 11.6. The molecule has 0 spiro atoms. The summed E-state index contributed by atoms with van der Waals surface area (Å²) in [6, 6.07) is 9.52. The molecule has 1 aliphatic heterocycles. The van der Waals surface area contributed by atoms with E-state index in [1.165, 1.54) is 16.9 Å². The maximum atomic E-state index is 6.43. The van der Waals surface area contributed by atoms with Crippen LogP contribution in [0.5, 0.6) is 0 Å². The smallest absolute Gasteiger partial charge is 0.133 e. The molecule has 0 amide bonds. The summed E-state index contributed by atoms with van der Waals surface area (Å²) in [5.74, 6) is 0.996. The molecule has 4 rings (SSSR count). The Balaban J connectivity index is 1.94. The van der Waals surface area contributed by atoms with Crippen LogP contribution in [-0.4, -0.2) is 16.3 Å². The van der Waals surface area contributed by atoms with Crippen LogP contribution < -0.4 is 5.32 Å². The number of thiophene rings is 1. The van der Waals surface area contributed by atoms with Gasteiger partial charge in [0.05, 0.1) is 24.9 Å². The number of rotatable bonds is 2. The standard InChI is InChI=1S/C17H14Cl3N3S/c18-11-5-3-6-12(15(11)20)23-17-10(4-1-2-9-21-17)16(22-23)13-7-8-14(19)24-13/h3,5-8,21H,1-2,4,9H2. The number of nitrogens with zero attached hydrogens (tertiary/aromatic N) is 2. The van der Waals surface area contributed by atoms with Gasteiger partial charge >= 0.3 is 0 Å². The summed E-state index contributed by atoms with van der Waals surface area (Å²) in [6.07, 6.45) is 3.23. The summed E-state index contributed by atoms with van der Waals surface area (Å²) in [5.41, 5.74) is 2.96. The zero-order valence-electron chi connectivity index (χ0n) is 12.7. The van der Waals surface area contributed by atoms with Crippen molar-refractivity contribution in [1.29, 1.82) is 0 Å². The molecule has 24 heavy (non-hydrogen) atoms. The molecule has 0 saturated heterocycles. The Kier molecular flexibility index (Phi) is 4.48. The summed E-state index contributed by atoms with van der Waals surface area (Å²) < 4.78 is 2.63. The lowest BCUT2D eigenvalue weighted by Gasteiger charge is -2.11. The average Bonchev–Trinajstić information content (AvgIpc) is 3.06. The Morgan fingerprint density at radius 3 is 2.75 bits per heavy atom. The zero-order chi connectivity index (χ0) is 16.7. The molecule has 7 heteroatoms. The lowest BCUT2D eigenvalue weighted by Crippen LogP contribution is -2.07. The predicted molar refractivity (Wildman–Crippen MR) is 103 cm³/mol. The third-order valence-electron chi connectivity index (χ3n) is 4.10. The number of fused-ring (bicyclic) bond motifs is 1. The van der Waals surface area contributed by atoms with Gasteiger partial charge in [-0.2, -0.15) is 5.10 Å². The van der Waals surface area contributed by atoms with E-state index in [1.54, 1.807) is 6.07 Å². The highest BCUT2D eigenvalue weighted by Gasteiger charge is 2.23. The van der Waals surface area contributed by atoms with Crippen LogP contribution in [0.3, 0.4) is 0 Å². The van der Waals surface area contributed by atoms with Crippen molar-refractivity contribution >= 4 is 52.0 Å². The van der Waals surface area contributed by atoms with Crippen LogP contribution in [0.4, 0.5) is 5.82 Å². The second kappa shape index (κ2) is 6.60. The Labute approximate surface area is 159 Å². The Morgan fingerprint density at radius 1 is 1.08 bits per heavy atom. The largest absolute Gasteiger partial charge is 0.370 e. The van der Waals surface area contributed by atoms with Gasteiger partial charge < -0.3 is 5.32 Å². The van der Waals surface area contributed by atoms with E-state index in [1.807, 2.05) is 28.9 Å². The first-order valence-corrected chi connectivity index (χ1v) is 9.66. The van der Waals surface area contributed by atoms with Crippen molar-refractivity contribution in [3.05, 3.63) is 50.3 Å². The van der Waals surface area contributed by atoms with E-state index in [-0.39, 0.29) is 0 Å². The topological polar surface area (TPSA) is 29.9 Å². The van der Waals surface area contributed by atoms with Gasteiger partial charge in [0, 0.05) is 12.1 Å². The molecule has 3 aromatic rings. The number of hydrogen-bond acceptors (Lipinski definition) is 3. The molecule has 0 aliphatic carbocycles. The summed E-state index contributed by atoms with van der Waals surface area (Å²) in [5, 5.41) is 9.39. The van der Waals surface area contributed by atoms with Gasteiger partial charge in [0.2, 0.25) is 0 Å². The van der Waals surface area contributed by atoms with Crippen molar-refractivity contribution in [2.24, 2.45) is 0 Å². The summed E-state index contributed by atoms with van der Waals surface area (Å²) >= 11 is 20.3. The van der Waals surface area contributed by atoms with Gasteiger partial charge in [0.15, 0.2) is 0 Å². The van der Waals surface area contributed by atoms with Crippen LogP contribution >= 0.6 is 46.1 Å². The number of benzene rings is 1. The number of aromatic nitrogens is 2. The molecule has 124 valence electrons. The number of hydrogen-bond donors (Lipinski definition) is 1. The van der Waals surface area contributed by atoms with E-state index in [0.717, 1.165) is 52.2 Å². The lowest BCUT2D eigenvalue weighted by atomic mass is 10.1. The van der Waals surface area contributed by atoms with E-state index in [4.69, 9.17) is 39.9 Å². The van der Waals surface area contributed by atoms with Crippen LogP contribution in [0.2, 0.25) is 14.4 Å². The molecule has 0 saturated carbocycles. The van der Waals surface area contributed by atoms with Crippen molar-refractivity contribution in [3.63, 3.8) is 0 Å². The molecular weight excluding hydrogens is 385 g/mol. The van der Waals surface area contributed by atoms with Gasteiger partial charge in [-0.1, -0.05) is 40.9 Å². The lowest BCUT2D eigenvalue weighted by molar-refractivity contribution is 0.780. The first-order valence-electron chi connectivity index (χ1n) is 7.71. The highest BCUT2D eigenvalue weighted by atomic mass is 35.5. The molecule has 0 atom stereocenters. The summed E-state index contributed by atoms with van der Waals surface area (Å²) in [7, 11) is 0. The number of anilines is 1. The monoisotopic (exact) mass is 397 g/mol. The third kappa shape index (κ3) is 2.82. The fourth-order valence-electron chi connectivity index (χ4n) is 2.97. The van der Waals surface area contributed by atoms with Crippen LogP contribution in [0, 0.1) is 0 Å². The Bertz CT molecular complexity index is 901.